The molecule has 0 amide bonds. The molecule has 0 radical (unpaired) electrons. The van der Waals surface area contributed by atoms with Crippen LogP contribution in [0, 0.1) is 6.92 Å². The number of carbonyl (C=O) groups excluding carboxylic acids is 1. The van der Waals surface area contributed by atoms with Crippen LogP contribution in [0.2, 0.25) is 0 Å². The van der Waals surface area contributed by atoms with E-state index in [9.17, 15) is 9.90 Å². The fourth-order valence-corrected chi connectivity index (χ4v) is 1.18. The van der Waals surface area contributed by atoms with Crippen LogP contribution in [0.25, 0.3) is 0 Å². The minimum absolute atomic E-state index is 0.0261. The van der Waals surface area contributed by atoms with Gasteiger partial charge in [-0.2, -0.15) is 0 Å². The molecular formula is C10H15NO4. The zero-order chi connectivity index (χ0) is 11.6. The van der Waals surface area contributed by atoms with Gasteiger partial charge in [0.2, 0.25) is 5.76 Å². The number of rotatable bonds is 3. The first kappa shape index (κ1) is 11.7. The van der Waals surface area contributed by atoms with E-state index in [1.54, 1.807) is 13.8 Å². The number of aromatic nitrogens is 1. The molecule has 0 atom stereocenters. The Morgan fingerprint density at radius 1 is 1.60 bits per heavy atom. The van der Waals surface area contributed by atoms with E-state index in [4.69, 9.17) is 9.15 Å². The largest absolute Gasteiger partial charge is 0.460 e. The van der Waals surface area contributed by atoms with Gasteiger partial charge in [0, 0.05) is 6.92 Å². The molecule has 1 N–H and O–H groups in total. The number of esters is 1. The molecule has 1 aromatic rings. The SMILES string of the molecule is CCOC(=O)c1oc(C)nc1C(C)(C)O. The number of aliphatic hydroxyl groups is 1. The predicted molar refractivity (Wildman–Crippen MR) is 52.4 cm³/mol. The van der Waals surface area contributed by atoms with E-state index in [2.05, 4.69) is 4.98 Å². The normalized spacial score (nSPS) is 11.5. The van der Waals surface area contributed by atoms with Crippen molar-refractivity contribution in [3.8, 4) is 0 Å². The van der Waals surface area contributed by atoms with Crippen LogP contribution in [0.1, 0.15) is 42.9 Å². The van der Waals surface area contributed by atoms with E-state index in [0.717, 1.165) is 0 Å². The van der Waals surface area contributed by atoms with Crippen molar-refractivity contribution in [3.63, 3.8) is 0 Å². The van der Waals surface area contributed by atoms with Gasteiger partial charge < -0.3 is 14.3 Å². The molecule has 15 heavy (non-hydrogen) atoms. The topological polar surface area (TPSA) is 72.6 Å². The van der Waals surface area contributed by atoms with Crippen LogP contribution in [0.5, 0.6) is 0 Å². The van der Waals surface area contributed by atoms with Gasteiger partial charge in [0.05, 0.1) is 6.61 Å². The summed E-state index contributed by atoms with van der Waals surface area (Å²) < 4.78 is 9.90. The Hall–Kier alpha value is -1.36. The van der Waals surface area contributed by atoms with Crippen molar-refractivity contribution < 1.29 is 19.1 Å². The first-order valence-corrected chi connectivity index (χ1v) is 4.73. The van der Waals surface area contributed by atoms with E-state index < -0.39 is 11.6 Å². The molecule has 0 bridgehead atoms. The summed E-state index contributed by atoms with van der Waals surface area (Å²) in [7, 11) is 0. The molecule has 0 unspecified atom stereocenters. The lowest BCUT2D eigenvalue weighted by Crippen LogP contribution is -2.20. The van der Waals surface area contributed by atoms with Gasteiger partial charge in [-0.15, -0.1) is 0 Å². The molecule has 0 aromatic carbocycles. The highest BCUT2D eigenvalue weighted by Crippen LogP contribution is 2.24. The summed E-state index contributed by atoms with van der Waals surface area (Å²) in [6.07, 6.45) is 0. The monoisotopic (exact) mass is 213 g/mol. The summed E-state index contributed by atoms with van der Waals surface area (Å²) in [4.78, 5) is 15.4. The molecule has 0 aliphatic heterocycles. The van der Waals surface area contributed by atoms with Crippen molar-refractivity contribution in [2.24, 2.45) is 0 Å². The van der Waals surface area contributed by atoms with Crippen LogP contribution in [0.15, 0.2) is 4.42 Å². The fraction of sp³-hybridized carbons (Fsp3) is 0.600. The molecule has 1 heterocycles. The molecule has 0 saturated heterocycles. The number of ether oxygens (including phenoxy) is 1. The zero-order valence-electron chi connectivity index (χ0n) is 9.33. The third-order valence-corrected chi connectivity index (χ3v) is 1.77. The number of carbonyl (C=O) groups is 1. The summed E-state index contributed by atoms with van der Waals surface area (Å²) in [5.41, 5.74) is -1.02. The molecule has 0 aliphatic rings. The van der Waals surface area contributed by atoms with Gasteiger partial charge in [0.1, 0.15) is 11.3 Å². The Balaban J connectivity index is 3.12. The van der Waals surface area contributed by atoms with E-state index >= 15 is 0 Å². The van der Waals surface area contributed by atoms with E-state index in [-0.39, 0.29) is 18.1 Å². The summed E-state index contributed by atoms with van der Waals surface area (Å²) in [6.45, 7) is 6.63. The van der Waals surface area contributed by atoms with Gasteiger partial charge in [-0.1, -0.05) is 0 Å². The van der Waals surface area contributed by atoms with Crippen LogP contribution in [0.4, 0.5) is 0 Å². The molecule has 84 valence electrons. The maximum absolute atomic E-state index is 11.5. The fourth-order valence-electron chi connectivity index (χ4n) is 1.18. The molecule has 1 aromatic heterocycles. The lowest BCUT2D eigenvalue weighted by atomic mass is 10.0. The molecule has 0 spiro atoms. The highest BCUT2D eigenvalue weighted by Gasteiger charge is 2.30. The Morgan fingerprint density at radius 2 is 2.20 bits per heavy atom. The lowest BCUT2D eigenvalue weighted by Gasteiger charge is -2.14. The van der Waals surface area contributed by atoms with E-state index in [1.807, 2.05) is 0 Å². The maximum Gasteiger partial charge on any atom is 0.376 e. The Labute approximate surface area is 88.1 Å². The summed E-state index contributed by atoms with van der Waals surface area (Å²) in [5, 5.41) is 9.77. The number of nitrogens with zero attached hydrogens (tertiary/aromatic N) is 1. The molecule has 0 aliphatic carbocycles. The Morgan fingerprint density at radius 3 is 2.67 bits per heavy atom. The van der Waals surface area contributed by atoms with E-state index in [1.165, 1.54) is 13.8 Å². The average Bonchev–Trinajstić information content (AvgIpc) is 2.47. The van der Waals surface area contributed by atoms with Crippen molar-refractivity contribution in [2.75, 3.05) is 6.61 Å². The summed E-state index contributed by atoms with van der Waals surface area (Å²) >= 11 is 0. The molecule has 1 rings (SSSR count). The zero-order valence-corrected chi connectivity index (χ0v) is 9.33. The molecule has 0 saturated carbocycles. The first-order chi connectivity index (χ1) is 6.86. The smallest absolute Gasteiger partial charge is 0.376 e. The molecule has 5 nitrogen and oxygen atoms in total. The van der Waals surface area contributed by atoms with Gasteiger partial charge in [-0.25, -0.2) is 9.78 Å². The van der Waals surface area contributed by atoms with Gasteiger partial charge in [0.25, 0.3) is 0 Å². The van der Waals surface area contributed by atoms with Gasteiger partial charge in [-0.05, 0) is 20.8 Å². The highest BCUT2D eigenvalue weighted by molar-refractivity contribution is 5.87. The molecule has 0 fully saturated rings. The van der Waals surface area contributed by atoms with Gasteiger partial charge in [-0.3, -0.25) is 0 Å². The predicted octanol–water partition coefficient (Wildman–Crippen LogP) is 1.39. The number of hydrogen-bond acceptors (Lipinski definition) is 5. The second kappa shape index (κ2) is 4.02. The van der Waals surface area contributed by atoms with Crippen molar-refractivity contribution in [3.05, 3.63) is 17.3 Å². The number of oxazole rings is 1. The summed E-state index contributed by atoms with van der Waals surface area (Å²) in [5.74, 6) is -0.299. The Bertz CT molecular complexity index is 362. The van der Waals surface area contributed by atoms with Crippen molar-refractivity contribution in [2.45, 2.75) is 33.3 Å². The van der Waals surface area contributed by atoms with Crippen molar-refractivity contribution in [1.82, 2.24) is 4.98 Å². The van der Waals surface area contributed by atoms with Crippen molar-refractivity contribution >= 4 is 5.97 Å². The third-order valence-electron chi connectivity index (χ3n) is 1.77. The highest BCUT2D eigenvalue weighted by atomic mass is 16.5. The van der Waals surface area contributed by atoms with Crippen LogP contribution in [-0.4, -0.2) is 22.7 Å². The standard InChI is InChI=1S/C10H15NO4/c1-5-14-9(12)7-8(10(3,4)13)11-6(2)15-7/h13H,5H2,1-4H3. The van der Waals surface area contributed by atoms with Crippen LogP contribution in [0.3, 0.4) is 0 Å². The second-order valence-electron chi connectivity index (χ2n) is 3.69. The second-order valence-corrected chi connectivity index (χ2v) is 3.69. The van der Waals surface area contributed by atoms with Gasteiger partial charge >= 0.3 is 5.97 Å². The van der Waals surface area contributed by atoms with Crippen LogP contribution >= 0.6 is 0 Å². The number of aryl methyl sites for hydroxylation is 1. The van der Waals surface area contributed by atoms with E-state index in [0.29, 0.717) is 5.89 Å². The molecular weight excluding hydrogens is 198 g/mol. The minimum Gasteiger partial charge on any atom is -0.460 e. The van der Waals surface area contributed by atoms with Gasteiger partial charge in [0.15, 0.2) is 5.89 Å². The minimum atomic E-state index is -1.22. The first-order valence-electron chi connectivity index (χ1n) is 4.73. The average molecular weight is 213 g/mol. The molecule has 5 heteroatoms. The van der Waals surface area contributed by atoms with Crippen molar-refractivity contribution in [1.29, 1.82) is 0 Å². The Kier molecular flexibility index (Phi) is 3.14. The third kappa shape index (κ3) is 2.56. The summed E-state index contributed by atoms with van der Waals surface area (Å²) in [6, 6.07) is 0. The van der Waals surface area contributed by atoms with Crippen LogP contribution < -0.4 is 0 Å². The lowest BCUT2D eigenvalue weighted by molar-refractivity contribution is 0.0440. The number of hydrogen-bond donors (Lipinski definition) is 1. The van der Waals surface area contributed by atoms with Crippen LogP contribution in [-0.2, 0) is 10.3 Å². The quantitative estimate of drug-likeness (QED) is 0.768. The maximum atomic E-state index is 11.5.